The third-order valence-electron chi connectivity index (χ3n) is 5.00. The number of rotatable bonds is 6. The van der Waals surface area contributed by atoms with E-state index in [2.05, 4.69) is 10.6 Å². The molecule has 3 rings (SSSR count). The molecular weight excluding hydrogens is 374 g/mol. The first-order valence-electron chi connectivity index (χ1n) is 9.06. The number of nitrogens with zero attached hydrogens (tertiary/aromatic N) is 1. The van der Waals surface area contributed by atoms with Gasteiger partial charge >= 0.3 is 6.03 Å². The van der Waals surface area contributed by atoms with E-state index in [-0.39, 0.29) is 0 Å². The second kappa shape index (κ2) is 7.83. The summed E-state index contributed by atoms with van der Waals surface area (Å²) in [6.07, 6.45) is 0. The minimum absolute atomic E-state index is 0.453. The van der Waals surface area contributed by atoms with E-state index in [0.29, 0.717) is 22.7 Å². The predicted molar refractivity (Wildman–Crippen MR) is 107 cm³/mol. The first-order valence-corrected chi connectivity index (χ1v) is 9.06. The number of nitrogens with one attached hydrogen (secondary N) is 2. The fourth-order valence-electron chi connectivity index (χ4n) is 3.24. The fourth-order valence-corrected chi connectivity index (χ4v) is 3.24. The van der Waals surface area contributed by atoms with Crippen LogP contribution in [0.4, 0.5) is 10.5 Å². The molecule has 2 aromatic carbocycles. The molecule has 0 bridgehead atoms. The third kappa shape index (κ3) is 3.61. The Morgan fingerprint density at radius 1 is 1.10 bits per heavy atom. The van der Waals surface area contributed by atoms with Gasteiger partial charge < -0.3 is 20.1 Å². The molecule has 29 heavy (non-hydrogen) atoms. The molecule has 2 N–H and O–H groups in total. The zero-order chi connectivity index (χ0) is 21.2. The van der Waals surface area contributed by atoms with Crippen LogP contribution in [0.15, 0.2) is 48.5 Å². The molecule has 8 nitrogen and oxygen atoms in total. The summed E-state index contributed by atoms with van der Waals surface area (Å²) >= 11 is 0. The molecule has 0 aromatic heterocycles. The highest BCUT2D eigenvalue weighted by atomic mass is 16.5. The van der Waals surface area contributed by atoms with Crippen molar-refractivity contribution >= 4 is 23.5 Å². The number of methoxy groups -OCH3 is 2. The Hall–Kier alpha value is -3.55. The summed E-state index contributed by atoms with van der Waals surface area (Å²) in [7, 11) is 3.01. The van der Waals surface area contributed by atoms with Crippen molar-refractivity contribution in [1.29, 1.82) is 0 Å². The first kappa shape index (κ1) is 20.2. The van der Waals surface area contributed by atoms with E-state index < -0.39 is 29.4 Å². The molecule has 1 saturated heterocycles. The molecule has 2 aromatic rings. The van der Waals surface area contributed by atoms with Crippen molar-refractivity contribution in [3.63, 3.8) is 0 Å². The summed E-state index contributed by atoms with van der Waals surface area (Å²) in [5.74, 6) is 0.0176. The number of carbonyl (C=O) groups is 3. The lowest BCUT2D eigenvalue weighted by atomic mass is 9.91. The molecule has 0 unspecified atom stereocenters. The molecule has 1 fully saturated rings. The maximum absolute atomic E-state index is 13.2. The highest BCUT2D eigenvalue weighted by Gasteiger charge is 2.51. The third-order valence-corrected chi connectivity index (χ3v) is 5.00. The van der Waals surface area contributed by atoms with E-state index in [1.165, 1.54) is 21.1 Å². The van der Waals surface area contributed by atoms with Crippen LogP contribution in [0.5, 0.6) is 11.5 Å². The van der Waals surface area contributed by atoms with Gasteiger partial charge in [0.05, 0.1) is 19.9 Å². The van der Waals surface area contributed by atoms with Gasteiger partial charge in [-0.3, -0.25) is 9.59 Å². The van der Waals surface area contributed by atoms with Gasteiger partial charge in [0.15, 0.2) is 0 Å². The van der Waals surface area contributed by atoms with Crippen molar-refractivity contribution in [3.05, 3.63) is 54.1 Å². The molecule has 2 atom stereocenters. The van der Waals surface area contributed by atoms with Gasteiger partial charge in [0.2, 0.25) is 5.91 Å². The standard InChI is InChI=1S/C21H23N3O5/c1-13(18(25)22-16-10-5-6-11-17(16)29-4)24-19(26)21(2,23-20(24)27)14-8-7-9-15(12-14)28-3/h5-13H,1-4H3,(H,22,25)(H,23,27)/t13-,21-/m0/s1. The molecule has 1 heterocycles. The predicted octanol–water partition coefficient (Wildman–Crippen LogP) is 2.50. The van der Waals surface area contributed by atoms with E-state index in [1.54, 1.807) is 55.5 Å². The summed E-state index contributed by atoms with van der Waals surface area (Å²) in [6.45, 7) is 3.10. The molecule has 4 amide bonds. The van der Waals surface area contributed by atoms with Crippen LogP contribution in [0.1, 0.15) is 19.4 Å². The van der Waals surface area contributed by atoms with Crippen molar-refractivity contribution in [2.45, 2.75) is 25.4 Å². The van der Waals surface area contributed by atoms with Crippen molar-refractivity contribution in [2.75, 3.05) is 19.5 Å². The molecule has 1 aliphatic heterocycles. The number of benzene rings is 2. The van der Waals surface area contributed by atoms with Gasteiger partial charge in [-0.05, 0) is 43.7 Å². The number of anilines is 1. The molecule has 8 heteroatoms. The minimum atomic E-state index is -1.30. The zero-order valence-electron chi connectivity index (χ0n) is 16.7. The SMILES string of the molecule is COc1cccc([C@]2(C)NC(=O)N([C@@H](C)C(=O)Nc3ccccc3OC)C2=O)c1. The lowest BCUT2D eigenvalue weighted by molar-refractivity contribution is -0.136. The Kier molecular flexibility index (Phi) is 5.45. The van der Waals surface area contributed by atoms with E-state index in [4.69, 9.17) is 9.47 Å². The van der Waals surface area contributed by atoms with E-state index in [0.717, 1.165) is 4.90 Å². The Morgan fingerprint density at radius 3 is 2.52 bits per heavy atom. The molecular formula is C21H23N3O5. The number of urea groups is 1. The van der Waals surface area contributed by atoms with Gasteiger partial charge in [-0.2, -0.15) is 0 Å². The Bertz CT molecular complexity index is 961. The second-order valence-electron chi connectivity index (χ2n) is 6.83. The Labute approximate surface area is 168 Å². The highest BCUT2D eigenvalue weighted by molar-refractivity contribution is 6.11. The summed E-state index contributed by atoms with van der Waals surface area (Å²) < 4.78 is 10.4. The summed E-state index contributed by atoms with van der Waals surface area (Å²) in [6, 6.07) is 12.1. The van der Waals surface area contributed by atoms with Crippen LogP contribution in [-0.2, 0) is 15.1 Å². The van der Waals surface area contributed by atoms with Gasteiger partial charge in [-0.25, -0.2) is 9.69 Å². The monoisotopic (exact) mass is 397 g/mol. The van der Waals surface area contributed by atoms with Crippen LogP contribution in [0, 0.1) is 0 Å². The van der Waals surface area contributed by atoms with Crippen molar-refractivity contribution in [2.24, 2.45) is 0 Å². The average Bonchev–Trinajstić information content (AvgIpc) is 2.97. The zero-order valence-corrected chi connectivity index (χ0v) is 16.7. The maximum atomic E-state index is 13.2. The van der Waals surface area contributed by atoms with Crippen molar-refractivity contribution in [1.82, 2.24) is 10.2 Å². The number of amides is 4. The van der Waals surface area contributed by atoms with E-state index >= 15 is 0 Å². The van der Waals surface area contributed by atoms with Gasteiger partial charge in [0.25, 0.3) is 5.91 Å². The molecule has 0 spiro atoms. The largest absolute Gasteiger partial charge is 0.497 e. The molecule has 0 saturated carbocycles. The summed E-state index contributed by atoms with van der Waals surface area (Å²) in [5.41, 5.74) is -0.283. The Balaban J connectivity index is 1.84. The lowest BCUT2D eigenvalue weighted by Crippen LogP contribution is -2.47. The lowest BCUT2D eigenvalue weighted by Gasteiger charge is -2.25. The van der Waals surface area contributed by atoms with Crippen LogP contribution in [-0.4, -0.2) is 43.0 Å². The van der Waals surface area contributed by atoms with E-state index in [1.807, 2.05) is 0 Å². The van der Waals surface area contributed by atoms with Crippen LogP contribution in [0.3, 0.4) is 0 Å². The topological polar surface area (TPSA) is 97.0 Å². The van der Waals surface area contributed by atoms with E-state index in [9.17, 15) is 14.4 Å². The van der Waals surface area contributed by atoms with Crippen LogP contribution in [0.25, 0.3) is 0 Å². The minimum Gasteiger partial charge on any atom is -0.497 e. The number of imide groups is 1. The molecule has 152 valence electrons. The van der Waals surface area contributed by atoms with Gasteiger partial charge in [-0.1, -0.05) is 24.3 Å². The number of hydrogen-bond acceptors (Lipinski definition) is 5. The van der Waals surface area contributed by atoms with Crippen LogP contribution in [0.2, 0.25) is 0 Å². The van der Waals surface area contributed by atoms with Crippen LogP contribution >= 0.6 is 0 Å². The second-order valence-corrected chi connectivity index (χ2v) is 6.83. The normalized spacial score (nSPS) is 19.5. The summed E-state index contributed by atoms with van der Waals surface area (Å²) in [5, 5.41) is 5.40. The number of para-hydroxylation sites is 2. The summed E-state index contributed by atoms with van der Waals surface area (Å²) in [4.78, 5) is 39.4. The number of hydrogen-bond donors (Lipinski definition) is 2. The van der Waals surface area contributed by atoms with Crippen molar-refractivity contribution in [3.8, 4) is 11.5 Å². The Morgan fingerprint density at radius 2 is 1.83 bits per heavy atom. The van der Waals surface area contributed by atoms with Gasteiger partial charge in [0.1, 0.15) is 23.1 Å². The van der Waals surface area contributed by atoms with Crippen LogP contribution < -0.4 is 20.1 Å². The molecule has 0 aliphatic carbocycles. The smallest absolute Gasteiger partial charge is 0.326 e. The first-order chi connectivity index (χ1) is 13.8. The maximum Gasteiger partial charge on any atom is 0.326 e. The average molecular weight is 397 g/mol. The number of carbonyl (C=O) groups excluding carboxylic acids is 3. The molecule has 1 aliphatic rings. The van der Waals surface area contributed by atoms with Gasteiger partial charge in [-0.15, -0.1) is 0 Å². The van der Waals surface area contributed by atoms with Crippen molar-refractivity contribution < 1.29 is 23.9 Å². The van der Waals surface area contributed by atoms with Gasteiger partial charge in [0, 0.05) is 0 Å². The number of ether oxygens (including phenoxy) is 2. The quantitative estimate of drug-likeness (QED) is 0.730. The fraction of sp³-hybridized carbons (Fsp3) is 0.286. The highest BCUT2D eigenvalue weighted by Crippen LogP contribution is 2.32. The molecule has 0 radical (unpaired) electrons.